The SMILES string of the molecule is CC[C@@]1(OC(=O)CCC(=O)OCc2ccc(B3OC(C)(C)C(C)(C)O3)cc2)C(=O)OCc2c1cc1n(c2=O)Cc2cc3cc(OC(=O)CCC(=O)OCc4ccc(B5OC(C)(C)C(C)(C)O5)cc4)ccc3nc2-1. The third kappa shape index (κ3) is 10.1. The minimum Gasteiger partial charge on any atom is -0.461 e. The van der Waals surface area contributed by atoms with Gasteiger partial charge in [0.15, 0.2) is 0 Å². The van der Waals surface area contributed by atoms with Gasteiger partial charge in [-0.2, -0.15) is 0 Å². The Balaban J connectivity index is 0.791. The molecule has 0 saturated carbocycles. The lowest BCUT2D eigenvalue weighted by Gasteiger charge is -2.35. The molecule has 9 rings (SSSR count). The van der Waals surface area contributed by atoms with Crippen LogP contribution < -0.4 is 21.2 Å². The van der Waals surface area contributed by atoms with E-state index in [4.69, 9.17) is 47.3 Å². The van der Waals surface area contributed by atoms with Gasteiger partial charge >= 0.3 is 44.1 Å². The van der Waals surface area contributed by atoms with Crippen molar-refractivity contribution < 1.29 is 66.3 Å². The monoisotopic (exact) mass is 996 g/mol. The van der Waals surface area contributed by atoms with Gasteiger partial charge in [0.2, 0.25) is 5.60 Å². The fourth-order valence-electron chi connectivity index (χ4n) is 8.99. The number of carbonyl (C=O) groups is 5. The smallest absolute Gasteiger partial charge is 0.461 e. The van der Waals surface area contributed by atoms with E-state index in [1.165, 1.54) is 4.57 Å². The number of benzene rings is 3. The summed E-state index contributed by atoms with van der Waals surface area (Å²) in [4.78, 5) is 84.2. The van der Waals surface area contributed by atoms with Gasteiger partial charge in [-0.15, -0.1) is 0 Å². The third-order valence-corrected chi connectivity index (χ3v) is 14.8. The van der Waals surface area contributed by atoms with Crippen molar-refractivity contribution in [3.05, 3.63) is 117 Å². The molecule has 0 unspecified atom stereocenters. The molecule has 2 aromatic heterocycles. The molecule has 2 fully saturated rings. The minimum absolute atomic E-state index is 0.0290. The lowest BCUT2D eigenvalue weighted by atomic mass is 9.79. The van der Waals surface area contributed by atoms with Crippen molar-refractivity contribution in [3.63, 3.8) is 0 Å². The van der Waals surface area contributed by atoms with Crippen LogP contribution in [0.2, 0.25) is 0 Å². The first kappa shape index (κ1) is 51.2. The van der Waals surface area contributed by atoms with E-state index < -0.39 is 84.1 Å². The molecule has 3 aromatic carbocycles. The Hall–Kier alpha value is -6.66. The topological polar surface area (TPSA) is 203 Å². The molecular weight excluding hydrogens is 938 g/mol. The third-order valence-electron chi connectivity index (χ3n) is 14.8. The number of esters is 5. The predicted octanol–water partition coefficient (Wildman–Crippen LogP) is 6.18. The van der Waals surface area contributed by atoms with E-state index in [0.717, 1.165) is 22.1 Å². The highest BCUT2D eigenvalue weighted by Crippen LogP contribution is 2.42. The molecular formula is C54H58B2N2O15. The van der Waals surface area contributed by atoms with E-state index in [2.05, 4.69) is 0 Å². The number of rotatable bonds is 15. The Labute approximate surface area is 423 Å². The number of cyclic esters (lactones) is 1. The summed E-state index contributed by atoms with van der Waals surface area (Å²) in [5.74, 6) is -3.28. The molecule has 4 aliphatic heterocycles. The molecule has 73 heavy (non-hydrogen) atoms. The molecule has 380 valence electrons. The normalized spacial score (nSPS) is 19.7. The Morgan fingerprint density at radius 3 is 1.67 bits per heavy atom. The van der Waals surface area contributed by atoms with Crippen LogP contribution in [0, 0.1) is 0 Å². The van der Waals surface area contributed by atoms with Crippen LogP contribution in [0.1, 0.15) is 122 Å². The molecule has 4 aliphatic rings. The van der Waals surface area contributed by atoms with Crippen molar-refractivity contribution in [1.29, 1.82) is 0 Å². The van der Waals surface area contributed by atoms with Crippen LogP contribution in [0.4, 0.5) is 0 Å². The zero-order valence-electron chi connectivity index (χ0n) is 42.5. The van der Waals surface area contributed by atoms with Crippen molar-refractivity contribution in [2.45, 2.75) is 149 Å². The number of carbonyl (C=O) groups excluding carboxylic acids is 5. The van der Waals surface area contributed by atoms with Gasteiger partial charge < -0.3 is 46.9 Å². The quantitative estimate of drug-likeness (QED) is 0.0488. The van der Waals surface area contributed by atoms with Gasteiger partial charge in [0.05, 0.1) is 77.1 Å². The highest BCUT2D eigenvalue weighted by Gasteiger charge is 2.53. The van der Waals surface area contributed by atoms with Crippen LogP contribution in [-0.2, 0) is 93.5 Å². The maximum Gasteiger partial charge on any atom is 0.494 e. The molecule has 0 spiro atoms. The number of nitrogens with zero attached hydrogens (tertiary/aromatic N) is 2. The zero-order valence-corrected chi connectivity index (χ0v) is 42.5. The van der Waals surface area contributed by atoms with Crippen molar-refractivity contribution in [3.8, 4) is 17.1 Å². The lowest BCUT2D eigenvalue weighted by molar-refractivity contribution is -0.189. The molecule has 6 heterocycles. The second-order valence-corrected chi connectivity index (χ2v) is 20.8. The van der Waals surface area contributed by atoms with Crippen LogP contribution in [0.3, 0.4) is 0 Å². The van der Waals surface area contributed by atoms with Crippen LogP contribution in [0.15, 0.2) is 83.7 Å². The van der Waals surface area contributed by atoms with Crippen molar-refractivity contribution in [2.24, 2.45) is 0 Å². The van der Waals surface area contributed by atoms with Crippen LogP contribution in [0.5, 0.6) is 5.75 Å². The summed E-state index contributed by atoms with van der Waals surface area (Å²) in [5.41, 5.74) is 1.33. The maximum absolute atomic E-state index is 14.1. The van der Waals surface area contributed by atoms with Gasteiger partial charge in [-0.1, -0.05) is 55.5 Å². The number of pyridine rings is 2. The maximum atomic E-state index is 14.1. The number of aromatic nitrogens is 2. The standard InChI is InChI=1S/C54H58B2N2O15/c1-10-54(69-46(62)24-22-44(60)66-30-33-13-17-37(18-14-33)56-72-52(6,7)53(8,9)73-56)40-27-42-47-35(28-58(42)48(63)39(40)31-67-49(54)64)25-34-26-38(19-20-41(34)57-47)68-45(61)23-21-43(59)65-29-32-11-15-36(16-12-32)55-70-50(2,3)51(4,5)71-55/h11-20,25-27H,10,21-24,28-31H2,1-9H3/t54-/m0/s1. The van der Waals surface area contributed by atoms with Crippen LogP contribution in [0.25, 0.3) is 22.3 Å². The summed E-state index contributed by atoms with van der Waals surface area (Å²) >= 11 is 0. The van der Waals surface area contributed by atoms with Crippen molar-refractivity contribution in [1.82, 2.24) is 9.55 Å². The molecule has 2 saturated heterocycles. The minimum atomic E-state index is -1.96. The second-order valence-electron chi connectivity index (χ2n) is 20.8. The van der Waals surface area contributed by atoms with Gasteiger partial charge in [0.25, 0.3) is 5.56 Å². The van der Waals surface area contributed by atoms with Crippen LogP contribution >= 0.6 is 0 Å². The molecule has 0 N–H and O–H groups in total. The summed E-state index contributed by atoms with van der Waals surface area (Å²) in [6.07, 6.45) is -1.16. The second kappa shape index (κ2) is 19.3. The Morgan fingerprint density at radius 2 is 1.15 bits per heavy atom. The van der Waals surface area contributed by atoms with Crippen LogP contribution in [-0.4, -0.2) is 76.0 Å². The Bertz CT molecular complexity index is 3060. The summed E-state index contributed by atoms with van der Waals surface area (Å²) in [5, 5.41) is 0.628. The first-order chi connectivity index (χ1) is 34.5. The van der Waals surface area contributed by atoms with Crippen molar-refractivity contribution >= 4 is 65.9 Å². The Kier molecular flexibility index (Phi) is 13.6. The first-order valence-electron chi connectivity index (χ1n) is 24.5. The van der Waals surface area contributed by atoms with Gasteiger partial charge in [-0.05, 0) is 114 Å². The molecule has 5 aromatic rings. The van der Waals surface area contributed by atoms with Crippen molar-refractivity contribution in [2.75, 3.05) is 0 Å². The van der Waals surface area contributed by atoms with Gasteiger partial charge in [-0.25, -0.2) is 9.78 Å². The number of hydrogen-bond acceptors (Lipinski definition) is 16. The van der Waals surface area contributed by atoms with Gasteiger partial charge in [0, 0.05) is 16.5 Å². The number of ether oxygens (including phenoxy) is 5. The molecule has 17 nitrogen and oxygen atoms in total. The molecule has 0 amide bonds. The molecule has 0 aliphatic carbocycles. The molecule has 0 radical (unpaired) electrons. The molecule has 1 atom stereocenters. The largest absolute Gasteiger partial charge is 0.494 e. The predicted molar refractivity (Wildman–Crippen MR) is 266 cm³/mol. The van der Waals surface area contributed by atoms with Gasteiger partial charge in [0.1, 0.15) is 25.6 Å². The highest BCUT2D eigenvalue weighted by molar-refractivity contribution is 6.62. The highest BCUT2D eigenvalue weighted by atomic mass is 16.7. The van der Waals surface area contributed by atoms with E-state index in [9.17, 15) is 28.8 Å². The molecule has 0 bridgehead atoms. The number of hydrogen-bond donors (Lipinski definition) is 0. The average Bonchev–Trinajstić information content (AvgIpc) is 3.90. The molecule has 19 heteroatoms. The summed E-state index contributed by atoms with van der Waals surface area (Å²) in [7, 11) is -1.04. The fourth-order valence-corrected chi connectivity index (χ4v) is 8.99. The van der Waals surface area contributed by atoms with E-state index in [1.807, 2.05) is 110 Å². The lowest BCUT2D eigenvalue weighted by Crippen LogP contribution is -2.47. The van der Waals surface area contributed by atoms with E-state index >= 15 is 0 Å². The Morgan fingerprint density at radius 1 is 0.644 bits per heavy atom. The number of fused-ring (bicyclic) bond motifs is 5. The van der Waals surface area contributed by atoms with E-state index in [-0.39, 0.29) is 68.9 Å². The zero-order chi connectivity index (χ0) is 52.3. The summed E-state index contributed by atoms with van der Waals surface area (Å²) < 4.78 is 53.8. The summed E-state index contributed by atoms with van der Waals surface area (Å²) in [6, 6.07) is 23.1. The van der Waals surface area contributed by atoms with E-state index in [1.54, 1.807) is 31.2 Å². The van der Waals surface area contributed by atoms with E-state index in [0.29, 0.717) is 27.9 Å². The average molecular weight is 997 g/mol. The summed E-state index contributed by atoms with van der Waals surface area (Å²) in [6.45, 7) is 17.3. The first-order valence-corrected chi connectivity index (χ1v) is 24.5. The fraction of sp³-hybridized carbons (Fsp3) is 0.426. The van der Waals surface area contributed by atoms with Gasteiger partial charge in [-0.3, -0.25) is 24.0 Å².